The highest BCUT2D eigenvalue weighted by Crippen LogP contribution is 2.27. The first kappa shape index (κ1) is 15.3. The van der Waals surface area contributed by atoms with Crippen LogP contribution in [0.3, 0.4) is 0 Å². The Morgan fingerprint density at radius 1 is 1.36 bits per heavy atom. The van der Waals surface area contributed by atoms with Crippen molar-refractivity contribution in [3.8, 4) is 0 Å². The quantitative estimate of drug-likeness (QED) is 0.626. The van der Waals surface area contributed by atoms with Gasteiger partial charge in [0, 0.05) is 35.1 Å². The summed E-state index contributed by atoms with van der Waals surface area (Å²) in [5.41, 5.74) is 9.75. The van der Waals surface area contributed by atoms with Crippen LogP contribution in [0.4, 0.5) is 10.6 Å². The van der Waals surface area contributed by atoms with Crippen molar-refractivity contribution < 1.29 is 14.7 Å². The van der Waals surface area contributed by atoms with Crippen LogP contribution in [0.1, 0.15) is 27.3 Å². The summed E-state index contributed by atoms with van der Waals surface area (Å²) in [4.78, 5) is 28.6. The van der Waals surface area contributed by atoms with E-state index in [2.05, 4.69) is 10.1 Å². The van der Waals surface area contributed by atoms with Gasteiger partial charge in [-0.3, -0.25) is 4.79 Å². The number of nitrogens with zero attached hydrogens (tertiary/aromatic N) is 3. The molecule has 0 saturated carbocycles. The molecule has 0 aliphatic carbocycles. The summed E-state index contributed by atoms with van der Waals surface area (Å²) in [6.07, 6.45) is -0.559. The summed E-state index contributed by atoms with van der Waals surface area (Å²) in [6, 6.07) is 7.36. The minimum absolute atomic E-state index is 0.150. The van der Waals surface area contributed by atoms with Gasteiger partial charge in [-0.15, -0.1) is 0 Å². The van der Waals surface area contributed by atoms with Gasteiger partial charge in [-0.05, 0) is 25.1 Å². The fourth-order valence-corrected chi connectivity index (χ4v) is 3.31. The number of H-pyrrole nitrogens is 1. The molecule has 1 amide bonds. The number of fused-ring (bicyclic) bond motifs is 2. The predicted octanol–water partition coefficient (Wildman–Crippen LogP) is 1.98. The number of aryl methyl sites for hydroxylation is 1. The van der Waals surface area contributed by atoms with Crippen LogP contribution in [0.25, 0.3) is 10.9 Å². The Hall–Kier alpha value is -3.29. The number of aromatic nitrogens is 3. The number of carbonyl (C=O) groups excluding carboxylic acids is 1. The Kier molecular flexibility index (Phi) is 3.28. The van der Waals surface area contributed by atoms with Gasteiger partial charge in [0.1, 0.15) is 5.82 Å². The lowest BCUT2D eigenvalue weighted by molar-refractivity contribution is 0.0949. The SMILES string of the molecule is Cc1cc2c(C(=O)n3nc4c(c3N)CN(C(=O)O)CC4)cccc2[nH]1. The minimum Gasteiger partial charge on any atom is -0.465 e. The fourth-order valence-electron chi connectivity index (χ4n) is 3.31. The third-order valence-corrected chi connectivity index (χ3v) is 4.57. The average molecular weight is 339 g/mol. The number of carboxylic acid groups (broad SMARTS) is 1. The molecule has 128 valence electrons. The van der Waals surface area contributed by atoms with Gasteiger partial charge in [0.25, 0.3) is 5.91 Å². The Balaban J connectivity index is 1.78. The monoisotopic (exact) mass is 339 g/mol. The minimum atomic E-state index is -1.00. The number of nitrogen functional groups attached to an aromatic ring is 1. The van der Waals surface area contributed by atoms with Gasteiger partial charge in [-0.25, -0.2) is 4.79 Å². The normalized spacial score (nSPS) is 13.9. The molecule has 2 aromatic heterocycles. The van der Waals surface area contributed by atoms with Crippen LogP contribution in [0.15, 0.2) is 24.3 Å². The number of amides is 1. The molecule has 0 atom stereocenters. The van der Waals surface area contributed by atoms with E-state index >= 15 is 0 Å². The molecule has 4 rings (SSSR count). The summed E-state index contributed by atoms with van der Waals surface area (Å²) in [7, 11) is 0. The Bertz CT molecular complexity index is 1020. The second-order valence-electron chi connectivity index (χ2n) is 6.20. The second kappa shape index (κ2) is 5.37. The van der Waals surface area contributed by atoms with Gasteiger partial charge in [0.2, 0.25) is 0 Å². The first-order chi connectivity index (χ1) is 12.0. The van der Waals surface area contributed by atoms with Crippen molar-refractivity contribution in [2.75, 3.05) is 12.3 Å². The first-order valence-corrected chi connectivity index (χ1v) is 7.93. The van der Waals surface area contributed by atoms with Crippen LogP contribution in [0, 0.1) is 6.92 Å². The molecule has 3 aromatic rings. The summed E-state index contributed by atoms with van der Waals surface area (Å²) in [6.45, 7) is 2.42. The van der Waals surface area contributed by atoms with E-state index in [1.807, 2.05) is 19.1 Å². The van der Waals surface area contributed by atoms with Crippen LogP contribution in [0.2, 0.25) is 0 Å². The van der Waals surface area contributed by atoms with Gasteiger partial charge in [0.15, 0.2) is 0 Å². The number of aromatic amines is 1. The van der Waals surface area contributed by atoms with Gasteiger partial charge in [-0.1, -0.05) is 6.07 Å². The third-order valence-electron chi connectivity index (χ3n) is 4.57. The van der Waals surface area contributed by atoms with Crippen molar-refractivity contribution in [2.24, 2.45) is 0 Å². The van der Waals surface area contributed by atoms with E-state index in [1.165, 1.54) is 9.58 Å². The lowest BCUT2D eigenvalue weighted by atomic mass is 10.1. The number of carbonyl (C=O) groups is 2. The van der Waals surface area contributed by atoms with Crippen molar-refractivity contribution in [3.05, 3.63) is 46.8 Å². The molecule has 1 aliphatic rings. The molecule has 0 saturated heterocycles. The maximum Gasteiger partial charge on any atom is 0.407 e. The summed E-state index contributed by atoms with van der Waals surface area (Å²) in [5.74, 6) is -0.117. The molecule has 1 aromatic carbocycles. The average Bonchev–Trinajstić information content (AvgIpc) is 3.13. The highest BCUT2D eigenvalue weighted by molar-refractivity contribution is 6.08. The lowest BCUT2D eigenvalue weighted by Crippen LogP contribution is -2.34. The van der Waals surface area contributed by atoms with E-state index in [4.69, 9.17) is 10.8 Å². The van der Waals surface area contributed by atoms with E-state index in [-0.39, 0.29) is 18.3 Å². The van der Waals surface area contributed by atoms with Crippen molar-refractivity contribution in [1.82, 2.24) is 19.7 Å². The number of nitrogens with two attached hydrogens (primary N) is 1. The molecule has 1 aliphatic heterocycles. The molecule has 8 heteroatoms. The number of benzene rings is 1. The molecule has 0 radical (unpaired) electrons. The van der Waals surface area contributed by atoms with Crippen LogP contribution in [-0.2, 0) is 13.0 Å². The van der Waals surface area contributed by atoms with E-state index < -0.39 is 6.09 Å². The summed E-state index contributed by atoms with van der Waals surface area (Å²) < 4.78 is 1.19. The zero-order chi connectivity index (χ0) is 17.7. The van der Waals surface area contributed by atoms with Crippen molar-refractivity contribution in [2.45, 2.75) is 19.9 Å². The number of hydrogen-bond acceptors (Lipinski definition) is 4. The van der Waals surface area contributed by atoms with Crippen molar-refractivity contribution in [1.29, 1.82) is 0 Å². The van der Waals surface area contributed by atoms with Crippen LogP contribution in [0.5, 0.6) is 0 Å². The van der Waals surface area contributed by atoms with Crippen LogP contribution in [-0.4, -0.2) is 43.3 Å². The van der Waals surface area contributed by atoms with E-state index in [9.17, 15) is 9.59 Å². The molecule has 0 bridgehead atoms. The maximum absolute atomic E-state index is 13.0. The van der Waals surface area contributed by atoms with E-state index in [0.29, 0.717) is 29.8 Å². The largest absolute Gasteiger partial charge is 0.465 e. The number of anilines is 1. The van der Waals surface area contributed by atoms with Crippen molar-refractivity contribution in [3.63, 3.8) is 0 Å². The Morgan fingerprint density at radius 3 is 2.92 bits per heavy atom. The Morgan fingerprint density at radius 2 is 2.16 bits per heavy atom. The molecule has 3 heterocycles. The number of rotatable bonds is 1. The molecule has 8 nitrogen and oxygen atoms in total. The molecule has 0 spiro atoms. The Labute approximate surface area is 142 Å². The van der Waals surface area contributed by atoms with E-state index in [0.717, 1.165) is 16.6 Å². The first-order valence-electron chi connectivity index (χ1n) is 7.93. The maximum atomic E-state index is 13.0. The van der Waals surface area contributed by atoms with Gasteiger partial charge >= 0.3 is 6.09 Å². The molecular weight excluding hydrogens is 322 g/mol. The summed E-state index contributed by atoms with van der Waals surface area (Å²) in [5, 5.41) is 14.3. The molecule has 0 fully saturated rings. The van der Waals surface area contributed by atoms with Gasteiger partial charge in [-0.2, -0.15) is 9.78 Å². The fraction of sp³-hybridized carbons (Fsp3) is 0.235. The van der Waals surface area contributed by atoms with Gasteiger partial charge < -0.3 is 20.7 Å². The zero-order valence-corrected chi connectivity index (χ0v) is 13.6. The highest BCUT2D eigenvalue weighted by Gasteiger charge is 2.28. The third kappa shape index (κ3) is 2.34. The topological polar surface area (TPSA) is 117 Å². The number of nitrogens with one attached hydrogen (secondary N) is 1. The summed E-state index contributed by atoms with van der Waals surface area (Å²) >= 11 is 0. The van der Waals surface area contributed by atoms with E-state index in [1.54, 1.807) is 12.1 Å². The molecule has 0 unspecified atom stereocenters. The second-order valence-corrected chi connectivity index (χ2v) is 6.20. The molecule has 25 heavy (non-hydrogen) atoms. The van der Waals surface area contributed by atoms with Gasteiger partial charge in [0.05, 0.1) is 17.8 Å². The van der Waals surface area contributed by atoms with Crippen LogP contribution < -0.4 is 5.73 Å². The lowest BCUT2D eigenvalue weighted by Gasteiger charge is -2.23. The smallest absolute Gasteiger partial charge is 0.407 e. The van der Waals surface area contributed by atoms with Crippen molar-refractivity contribution >= 4 is 28.7 Å². The molecular formula is C17H17N5O3. The molecule has 4 N–H and O–H groups in total. The van der Waals surface area contributed by atoms with Crippen LogP contribution >= 0.6 is 0 Å². The predicted molar refractivity (Wildman–Crippen MR) is 91.5 cm³/mol. The zero-order valence-electron chi connectivity index (χ0n) is 13.6. The highest BCUT2D eigenvalue weighted by atomic mass is 16.4. The standard InChI is InChI=1S/C17H17N5O3/c1-9-7-11-10(3-2-4-13(11)19-9)16(23)22-15(18)12-8-21(17(24)25)6-5-14(12)20-22/h2-4,7,19H,5-6,8,18H2,1H3,(H,24,25). The number of hydrogen-bond donors (Lipinski definition) is 3.